The molecule has 0 saturated carbocycles. The lowest BCUT2D eigenvalue weighted by Gasteiger charge is -2.36. The van der Waals surface area contributed by atoms with Crippen LogP contribution in [0.3, 0.4) is 0 Å². The number of piperazine rings is 1. The van der Waals surface area contributed by atoms with Crippen molar-refractivity contribution in [1.82, 2.24) is 20.3 Å². The molecule has 0 bridgehead atoms. The van der Waals surface area contributed by atoms with Crippen LogP contribution in [0.25, 0.3) is 0 Å². The van der Waals surface area contributed by atoms with Crippen LogP contribution in [-0.4, -0.2) is 54.1 Å². The van der Waals surface area contributed by atoms with Crippen LogP contribution in [0.4, 0.5) is 0 Å². The number of aromatic nitrogens is 1. The molecule has 0 amide bonds. The van der Waals surface area contributed by atoms with E-state index in [9.17, 15) is 0 Å². The smallest absolute Gasteiger partial charge is 0.194 e. The summed E-state index contributed by atoms with van der Waals surface area (Å²) in [5.41, 5.74) is 2.36. The van der Waals surface area contributed by atoms with Gasteiger partial charge >= 0.3 is 0 Å². The van der Waals surface area contributed by atoms with Crippen molar-refractivity contribution in [1.29, 1.82) is 0 Å². The molecule has 0 radical (unpaired) electrons. The topological polar surface area (TPSA) is 56.9 Å². The van der Waals surface area contributed by atoms with Crippen molar-refractivity contribution in [2.24, 2.45) is 4.99 Å². The summed E-state index contributed by atoms with van der Waals surface area (Å²) in [4.78, 5) is 9.23. The zero-order chi connectivity index (χ0) is 18.4. The number of guanidine groups is 1. The molecular weight excluding hydrogens is 326 g/mol. The van der Waals surface area contributed by atoms with Gasteiger partial charge in [0.2, 0.25) is 0 Å². The molecule has 0 spiro atoms. The van der Waals surface area contributed by atoms with Crippen LogP contribution in [0.5, 0.6) is 0 Å². The lowest BCUT2D eigenvalue weighted by Crippen LogP contribution is -2.52. The predicted octanol–water partition coefficient (Wildman–Crippen LogP) is 2.69. The van der Waals surface area contributed by atoms with Crippen LogP contribution >= 0.6 is 0 Å². The van der Waals surface area contributed by atoms with Crippen molar-refractivity contribution in [3.05, 3.63) is 53.4 Å². The number of nitrogens with one attached hydrogen (secondary N) is 1. The Morgan fingerprint density at radius 2 is 1.92 bits per heavy atom. The molecule has 1 fully saturated rings. The zero-order valence-electron chi connectivity index (χ0n) is 16.0. The molecule has 2 aromatic rings. The minimum absolute atomic E-state index is 0.379. The van der Waals surface area contributed by atoms with Crippen LogP contribution in [0.2, 0.25) is 0 Å². The van der Waals surface area contributed by atoms with E-state index in [4.69, 9.17) is 4.52 Å². The number of aliphatic imine (C=N–C) groups is 1. The molecule has 1 aromatic heterocycles. The van der Waals surface area contributed by atoms with Crippen LogP contribution in [0, 0.1) is 0 Å². The average Bonchev–Trinajstić information content (AvgIpc) is 3.14. The molecular formula is C20H29N5O. The van der Waals surface area contributed by atoms with Gasteiger partial charge in [-0.1, -0.05) is 49.3 Å². The maximum atomic E-state index is 5.40. The van der Waals surface area contributed by atoms with E-state index < -0.39 is 0 Å². The van der Waals surface area contributed by atoms with Gasteiger partial charge in [0.25, 0.3) is 0 Å². The molecule has 1 saturated heterocycles. The molecule has 3 rings (SSSR count). The Hall–Kier alpha value is -2.34. The normalized spacial score (nSPS) is 16.3. The average molecular weight is 355 g/mol. The van der Waals surface area contributed by atoms with Crippen LogP contribution < -0.4 is 5.32 Å². The van der Waals surface area contributed by atoms with Gasteiger partial charge in [-0.3, -0.25) is 9.89 Å². The maximum Gasteiger partial charge on any atom is 0.194 e. The van der Waals surface area contributed by atoms with Gasteiger partial charge in [0.1, 0.15) is 0 Å². The summed E-state index contributed by atoms with van der Waals surface area (Å²) in [6, 6.07) is 12.7. The van der Waals surface area contributed by atoms with E-state index in [1.54, 1.807) is 0 Å². The second-order valence-electron chi connectivity index (χ2n) is 7.02. The third-order valence-corrected chi connectivity index (χ3v) is 4.72. The first-order valence-corrected chi connectivity index (χ1v) is 9.33. The summed E-state index contributed by atoms with van der Waals surface area (Å²) in [6.07, 6.45) is 0. The van der Waals surface area contributed by atoms with E-state index in [0.29, 0.717) is 12.5 Å². The molecule has 0 atom stereocenters. The standard InChI is InChI=1S/C20H29N5O/c1-16(2)19-13-18(26-23-19)14-22-20(21-3)25-11-9-24(10-12-25)15-17-7-5-4-6-8-17/h4-8,13,16H,9-12,14-15H2,1-3H3,(H,21,22). The Morgan fingerprint density at radius 3 is 2.54 bits per heavy atom. The molecule has 6 heteroatoms. The lowest BCUT2D eigenvalue weighted by molar-refractivity contribution is 0.172. The molecule has 1 aliphatic heterocycles. The van der Waals surface area contributed by atoms with Gasteiger partial charge in [-0.05, 0) is 11.5 Å². The maximum absolute atomic E-state index is 5.40. The van der Waals surface area contributed by atoms with Crippen molar-refractivity contribution >= 4 is 5.96 Å². The fourth-order valence-corrected chi connectivity index (χ4v) is 3.14. The first kappa shape index (κ1) is 18.5. The molecule has 0 unspecified atom stereocenters. The minimum atomic E-state index is 0.379. The fourth-order valence-electron chi connectivity index (χ4n) is 3.14. The highest BCUT2D eigenvalue weighted by Gasteiger charge is 2.20. The van der Waals surface area contributed by atoms with Gasteiger partial charge in [0.15, 0.2) is 11.7 Å². The van der Waals surface area contributed by atoms with Crippen LogP contribution in [0.1, 0.15) is 36.8 Å². The largest absolute Gasteiger partial charge is 0.359 e. The summed E-state index contributed by atoms with van der Waals surface area (Å²) in [6.45, 7) is 9.87. The Bertz CT molecular complexity index is 702. The number of rotatable bonds is 5. The molecule has 6 nitrogen and oxygen atoms in total. The number of hydrogen-bond donors (Lipinski definition) is 1. The summed E-state index contributed by atoms with van der Waals surface area (Å²) in [5, 5.41) is 7.50. The number of nitrogens with zero attached hydrogens (tertiary/aromatic N) is 4. The van der Waals surface area contributed by atoms with Gasteiger partial charge in [0.05, 0.1) is 12.2 Å². The molecule has 1 aromatic carbocycles. The second kappa shape index (κ2) is 8.85. The third kappa shape index (κ3) is 4.85. The van der Waals surface area contributed by atoms with Crippen molar-refractivity contribution in [3.63, 3.8) is 0 Å². The second-order valence-corrected chi connectivity index (χ2v) is 7.02. The Labute approximate surface area is 155 Å². The van der Waals surface area contributed by atoms with Crippen molar-refractivity contribution in [3.8, 4) is 0 Å². The highest BCUT2D eigenvalue weighted by Crippen LogP contribution is 2.14. The van der Waals surface area contributed by atoms with Crippen molar-refractivity contribution in [2.45, 2.75) is 32.9 Å². The molecule has 1 N–H and O–H groups in total. The summed E-state index contributed by atoms with van der Waals surface area (Å²) >= 11 is 0. The van der Waals surface area contributed by atoms with E-state index in [0.717, 1.165) is 50.1 Å². The summed E-state index contributed by atoms with van der Waals surface area (Å²) in [7, 11) is 1.83. The summed E-state index contributed by atoms with van der Waals surface area (Å²) in [5.74, 6) is 2.15. The monoisotopic (exact) mass is 355 g/mol. The summed E-state index contributed by atoms with van der Waals surface area (Å²) < 4.78 is 5.40. The van der Waals surface area contributed by atoms with Crippen molar-refractivity contribution < 1.29 is 4.52 Å². The van der Waals surface area contributed by atoms with Gasteiger partial charge in [-0.2, -0.15) is 0 Å². The van der Waals surface area contributed by atoms with Crippen LogP contribution in [0.15, 0.2) is 45.9 Å². The van der Waals surface area contributed by atoms with Gasteiger partial charge < -0.3 is 14.7 Å². The zero-order valence-corrected chi connectivity index (χ0v) is 16.0. The van der Waals surface area contributed by atoms with E-state index >= 15 is 0 Å². The van der Waals surface area contributed by atoms with E-state index in [1.807, 2.05) is 13.1 Å². The highest BCUT2D eigenvalue weighted by atomic mass is 16.5. The first-order valence-electron chi connectivity index (χ1n) is 9.33. The molecule has 26 heavy (non-hydrogen) atoms. The SMILES string of the molecule is CN=C(NCc1cc(C(C)C)no1)N1CCN(Cc2ccccc2)CC1. The predicted molar refractivity (Wildman–Crippen MR) is 104 cm³/mol. The quantitative estimate of drug-likeness (QED) is 0.660. The molecule has 140 valence electrons. The highest BCUT2D eigenvalue weighted by molar-refractivity contribution is 5.79. The van der Waals surface area contributed by atoms with E-state index in [1.165, 1.54) is 5.56 Å². The molecule has 1 aliphatic rings. The number of hydrogen-bond acceptors (Lipinski definition) is 4. The molecule has 0 aliphatic carbocycles. The lowest BCUT2D eigenvalue weighted by atomic mass is 10.1. The Kier molecular flexibility index (Phi) is 6.28. The van der Waals surface area contributed by atoms with Gasteiger partial charge in [-0.25, -0.2) is 0 Å². The van der Waals surface area contributed by atoms with Crippen molar-refractivity contribution in [2.75, 3.05) is 33.2 Å². The first-order chi connectivity index (χ1) is 12.7. The van der Waals surface area contributed by atoms with E-state index in [-0.39, 0.29) is 0 Å². The Morgan fingerprint density at radius 1 is 1.19 bits per heavy atom. The fraction of sp³-hybridized carbons (Fsp3) is 0.500. The Balaban J connectivity index is 1.47. The third-order valence-electron chi connectivity index (χ3n) is 4.72. The van der Waals surface area contributed by atoms with Crippen LogP contribution in [-0.2, 0) is 13.1 Å². The van der Waals surface area contributed by atoms with Gasteiger partial charge in [-0.15, -0.1) is 0 Å². The van der Waals surface area contributed by atoms with E-state index in [2.05, 4.69) is 69.4 Å². The van der Waals surface area contributed by atoms with Gasteiger partial charge in [0, 0.05) is 45.8 Å². The molecule has 2 heterocycles. The number of benzene rings is 1. The minimum Gasteiger partial charge on any atom is -0.359 e.